The number of ether oxygens (including phenoxy) is 1. The molecule has 7 heteroatoms. The van der Waals surface area contributed by atoms with Crippen LogP contribution in [0.15, 0.2) is 54.6 Å². The van der Waals surface area contributed by atoms with Crippen LogP contribution in [0.25, 0.3) is 11.3 Å². The zero-order chi connectivity index (χ0) is 18.4. The second kappa shape index (κ2) is 8.35. The Balaban J connectivity index is 1.96. The molecule has 0 aliphatic heterocycles. The first-order valence-corrected chi connectivity index (χ1v) is 8.05. The predicted molar refractivity (Wildman–Crippen MR) is 97.5 cm³/mol. The van der Waals surface area contributed by atoms with Crippen LogP contribution in [0.2, 0.25) is 0 Å². The molecule has 0 bridgehead atoms. The molecular weight excluding hydrogens is 338 g/mol. The lowest BCUT2D eigenvalue weighted by atomic mass is 10.1. The van der Waals surface area contributed by atoms with E-state index in [0.29, 0.717) is 24.8 Å². The molecule has 0 aliphatic rings. The van der Waals surface area contributed by atoms with Crippen LogP contribution in [0, 0.1) is 11.6 Å². The fraction of sp³-hybridized carbons (Fsp3) is 0.158. The topological polar surface area (TPSA) is 59.1 Å². The summed E-state index contributed by atoms with van der Waals surface area (Å²) in [6, 6.07) is 14.8. The van der Waals surface area contributed by atoms with Gasteiger partial charge in [0.15, 0.2) is 0 Å². The summed E-state index contributed by atoms with van der Waals surface area (Å²) in [5.74, 6) is -0.775. The molecule has 0 spiro atoms. The maximum absolute atomic E-state index is 13.9. The van der Waals surface area contributed by atoms with Crippen molar-refractivity contribution in [2.45, 2.75) is 0 Å². The van der Waals surface area contributed by atoms with Crippen molar-refractivity contribution < 1.29 is 13.5 Å². The van der Waals surface area contributed by atoms with Gasteiger partial charge in [-0.25, -0.2) is 13.8 Å². The molecule has 0 radical (unpaired) electrons. The number of benzene rings is 2. The molecule has 2 N–H and O–H groups in total. The van der Waals surface area contributed by atoms with E-state index >= 15 is 0 Å². The molecule has 134 valence electrons. The second-order valence-corrected chi connectivity index (χ2v) is 5.47. The lowest BCUT2D eigenvalue weighted by molar-refractivity contribution is 0.210. The molecule has 0 unspecified atom stereocenters. The molecule has 0 aliphatic carbocycles. The molecule has 0 fully saturated rings. The number of nitrogens with one attached hydrogen (secondary N) is 2. The highest BCUT2D eigenvalue weighted by Gasteiger charge is 2.12. The fourth-order valence-corrected chi connectivity index (χ4v) is 2.36. The number of hydrogen-bond acceptors (Lipinski definition) is 5. The van der Waals surface area contributed by atoms with Gasteiger partial charge in [-0.1, -0.05) is 36.4 Å². The Hall–Kier alpha value is -3.06. The van der Waals surface area contributed by atoms with Crippen molar-refractivity contribution >= 4 is 17.5 Å². The van der Waals surface area contributed by atoms with E-state index in [0.717, 1.165) is 5.56 Å². The van der Waals surface area contributed by atoms with Crippen LogP contribution in [0.5, 0.6) is 0 Å². The van der Waals surface area contributed by atoms with Gasteiger partial charge in [0.25, 0.3) is 0 Å². The van der Waals surface area contributed by atoms with Crippen LogP contribution in [-0.2, 0) is 4.74 Å². The lowest BCUT2D eigenvalue weighted by Crippen LogP contribution is -2.11. The average molecular weight is 356 g/mol. The number of rotatable bonds is 7. The van der Waals surface area contributed by atoms with Crippen LogP contribution in [0.1, 0.15) is 0 Å². The minimum Gasteiger partial charge on any atom is -0.383 e. The second-order valence-electron chi connectivity index (χ2n) is 5.47. The number of halogens is 2. The summed E-state index contributed by atoms with van der Waals surface area (Å²) < 4.78 is 32.9. The van der Waals surface area contributed by atoms with Gasteiger partial charge >= 0.3 is 0 Å². The monoisotopic (exact) mass is 356 g/mol. The van der Waals surface area contributed by atoms with Crippen LogP contribution in [-0.4, -0.2) is 30.2 Å². The Morgan fingerprint density at radius 2 is 1.69 bits per heavy atom. The molecule has 0 atom stereocenters. The van der Waals surface area contributed by atoms with Crippen LogP contribution >= 0.6 is 0 Å². The average Bonchev–Trinajstić information content (AvgIpc) is 2.66. The largest absolute Gasteiger partial charge is 0.383 e. The van der Waals surface area contributed by atoms with Gasteiger partial charge in [0.1, 0.15) is 23.1 Å². The normalized spacial score (nSPS) is 10.6. The van der Waals surface area contributed by atoms with Gasteiger partial charge in [0.2, 0.25) is 5.95 Å². The van der Waals surface area contributed by atoms with Gasteiger partial charge in [-0.2, -0.15) is 4.98 Å². The maximum Gasteiger partial charge on any atom is 0.225 e. The van der Waals surface area contributed by atoms with Gasteiger partial charge in [-0.15, -0.1) is 0 Å². The Kier molecular flexibility index (Phi) is 5.70. The van der Waals surface area contributed by atoms with Gasteiger partial charge < -0.3 is 15.4 Å². The number of nitrogens with zero attached hydrogens (tertiary/aromatic N) is 2. The quantitative estimate of drug-likeness (QED) is 0.621. The van der Waals surface area contributed by atoms with E-state index in [1.54, 1.807) is 13.2 Å². The molecule has 3 aromatic rings. The first-order valence-electron chi connectivity index (χ1n) is 8.05. The van der Waals surface area contributed by atoms with E-state index in [4.69, 9.17) is 4.74 Å². The van der Waals surface area contributed by atoms with Gasteiger partial charge in [0, 0.05) is 25.3 Å². The van der Waals surface area contributed by atoms with Crippen molar-refractivity contribution in [2.24, 2.45) is 0 Å². The zero-order valence-electron chi connectivity index (χ0n) is 14.2. The lowest BCUT2D eigenvalue weighted by Gasteiger charge is -2.12. The van der Waals surface area contributed by atoms with E-state index in [1.165, 1.54) is 18.2 Å². The van der Waals surface area contributed by atoms with Gasteiger partial charge in [0.05, 0.1) is 12.3 Å². The van der Waals surface area contributed by atoms with Crippen molar-refractivity contribution in [3.8, 4) is 11.3 Å². The van der Waals surface area contributed by atoms with Crippen molar-refractivity contribution in [2.75, 3.05) is 30.9 Å². The molecule has 0 amide bonds. The number of aromatic nitrogens is 2. The van der Waals surface area contributed by atoms with Crippen LogP contribution < -0.4 is 10.6 Å². The first kappa shape index (κ1) is 17.8. The third kappa shape index (κ3) is 4.31. The van der Waals surface area contributed by atoms with E-state index in [1.807, 2.05) is 30.3 Å². The summed E-state index contributed by atoms with van der Waals surface area (Å²) in [7, 11) is 1.59. The molecule has 1 aromatic heterocycles. The molecule has 2 aromatic carbocycles. The fourth-order valence-electron chi connectivity index (χ4n) is 2.36. The van der Waals surface area contributed by atoms with Crippen molar-refractivity contribution in [3.05, 3.63) is 66.2 Å². The highest BCUT2D eigenvalue weighted by Crippen LogP contribution is 2.26. The summed E-state index contributed by atoms with van der Waals surface area (Å²) in [5, 5.41) is 5.75. The molecular formula is C19H18F2N4O. The number of hydrogen-bond donors (Lipinski definition) is 2. The highest BCUT2D eigenvalue weighted by atomic mass is 19.1. The third-order valence-corrected chi connectivity index (χ3v) is 3.60. The molecule has 5 nitrogen and oxygen atoms in total. The third-order valence-electron chi connectivity index (χ3n) is 3.60. The minimum absolute atomic E-state index is 0.256. The van der Waals surface area contributed by atoms with Gasteiger partial charge in [-0.05, 0) is 12.1 Å². The maximum atomic E-state index is 13.9. The molecule has 3 rings (SSSR count). The zero-order valence-corrected chi connectivity index (χ0v) is 14.2. The van der Waals surface area contributed by atoms with Crippen LogP contribution in [0.4, 0.5) is 26.2 Å². The highest BCUT2D eigenvalue weighted by molar-refractivity contribution is 5.67. The van der Waals surface area contributed by atoms with E-state index in [9.17, 15) is 8.78 Å². The smallest absolute Gasteiger partial charge is 0.225 e. The number of methoxy groups -OCH3 is 1. The number of para-hydroxylation sites is 1. The summed E-state index contributed by atoms with van der Waals surface area (Å²) in [6.45, 7) is 0.978. The molecule has 1 heterocycles. The van der Waals surface area contributed by atoms with Crippen molar-refractivity contribution in [1.29, 1.82) is 0 Å². The predicted octanol–water partition coefficient (Wildman–Crippen LogP) is 4.22. The number of anilines is 3. The molecule has 26 heavy (non-hydrogen) atoms. The SMILES string of the molecule is COCCNc1nc(Nc2c(F)cccc2F)cc(-c2ccccc2)n1. The Labute approximate surface area is 150 Å². The molecule has 0 saturated carbocycles. The standard InChI is InChI=1S/C19H18F2N4O/c1-26-11-10-22-19-23-16(13-6-3-2-4-7-13)12-17(25-19)24-18-14(20)8-5-9-15(18)21/h2-9,12H,10-11H2,1H3,(H2,22,23,24,25). The van der Waals surface area contributed by atoms with Crippen LogP contribution in [0.3, 0.4) is 0 Å². The van der Waals surface area contributed by atoms with Crippen molar-refractivity contribution in [3.63, 3.8) is 0 Å². The van der Waals surface area contributed by atoms with E-state index < -0.39 is 11.6 Å². The van der Waals surface area contributed by atoms with Gasteiger partial charge in [-0.3, -0.25) is 0 Å². The summed E-state index contributed by atoms with van der Waals surface area (Å²) in [4.78, 5) is 8.74. The summed E-state index contributed by atoms with van der Waals surface area (Å²) in [6.07, 6.45) is 0. The Morgan fingerprint density at radius 3 is 2.38 bits per heavy atom. The first-order chi connectivity index (χ1) is 12.7. The van der Waals surface area contributed by atoms with E-state index in [-0.39, 0.29) is 11.5 Å². The summed E-state index contributed by atoms with van der Waals surface area (Å²) in [5.41, 5.74) is 1.23. The Bertz CT molecular complexity index is 854. The van der Waals surface area contributed by atoms with E-state index in [2.05, 4.69) is 20.6 Å². The summed E-state index contributed by atoms with van der Waals surface area (Å²) >= 11 is 0. The molecule has 0 saturated heterocycles. The van der Waals surface area contributed by atoms with Crippen molar-refractivity contribution in [1.82, 2.24) is 9.97 Å². The minimum atomic E-state index is -0.696. The Morgan fingerprint density at radius 1 is 0.962 bits per heavy atom.